The van der Waals surface area contributed by atoms with Crippen molar-refractivity contribution in [1.82, 2.24) is 9.80 Å². The Labute approximate surface area is 163 Å². The lowest BCUT2D eigenvalue weighted by Gasteiger charge is -2.34. The number of hydrogen-bond acceptors (Lipinski definition) is 3. The van der Waals surface area contributed by atoms with Gasteiger partial charge in [0.2, 0.25) is 5.91 Å². The monoisotopic (exact) mass is 365 g/mol. The maximum Gasteiger partial charge on any atom is 0.238 e. The fourth-order valence-corrected chi connectivity index (χ4v) is 3.72. The molecule has 1 N–H and O–H groups in total. The van der Waals surface area contributed by atoms with E-state index in [0.29, 0.717) is 6.54 Å². The van der Waals surface area contributed by atoms with E-state index in [1.165, 1.54) is 12.0 Å². The molecule has 0 aliphatic carbocycles. The first-order valence-electron chi connectivity index (χ1n) is 9.96. The molecule has 0 unspecified atom stereocenters. The second-order valence-corrected chi connectivity index (χ2v) is 7.52. The van der Waals surface area contributed by atoms with Gasteiger partial charge in [-0.1, -0.05) is 48.5 Å². The number of hydrogen-bond donors (Lipinski definition) is 1. The van der Waals surface area contributed by atoms with E-state index < -0.39 is 0 Å². The molecule has 1 aliphatic rings. The Morgan fingerprint density at radius 2 is 1.52 bits per heavy atom. The van der Waals surface area contributed by atoms with E-state index in [0.717, 1.165) is 56.0 Å². The van der Waals surface area contributed by atoms with Gasteiger partial charge in [0, 0.05) is 31.9 Å². The molecule has 144 valence electrons. The first kappa shape index (κ1) is 19.6. The topological polar surface area (TPSA) is 35.6 Å². The molecule has 1 aliphatic heterocycles. The highest BCUT2D eigenvalue weighted by atomic mass is 16.2. The second-order valence-electron chi connectivity index (χ2n) is 7.52. The van der Waals surface area contributed by atoms with Gasteiger partial charge in [0.25, 0.3) is 0 Å². The zero-order chi connectivity index (χ0) is 19.1. The van der Waals surface area contributed by atoms with Crippen molar-refractivity contribution >= 4 is 11.6 Å². The molecule has 1 fully saturated rings. The number of rotatable bonds is 7. The first-order valence-corrected chi connectivity index (χ1v) is 9.96. The third-order valence-corrected chi connectivity index (χ3v) is 5.36. The third kappa shape index (κ3) is 5.91. The number of nitrogens with one attached hydrogen (secondary N) is 1. The highest BCUT2D eigenvalue weighted by molar-refractivity contribution is 5.93. The molecular formula is C23H31N3O. The lowest BCUT2D eigenvalue weighted by Crippen LogP contribution is -2.48. The highest BCUT2D eigenvalue weighted by Crippen LogP contribution is 2.19. The van der Waals surface area contributed by atoms with E-state index in [9.17, 15) is 4.79 Å². The Morgan fingerprint density at radius 1 is 0.889 bits per heavy atom. The summed E-state index contributed by atoms with van der Waals surface area (Å²) in [5, 5.41) is 3.10. The number of anilines is 1. The maximum atomic E-state index is 12.4. The Morgan fingerprint density at radius 3 is 2.19 bits per heavy atom. The molecule has 0 bridgehead atoms. The van der Waals surface area contributed by atoms with Crippen LogP contribution in [0.4, 0.5) is 5.69 Å². The van der Waals surface area contributed by atoms with Gasteiger partial charge in [0.05, 0.1) is 6.54 Å². The van der Waals surface area contributed by atoms with Gasteiger partial charge in [-0.2, -0.15) is 0 Å². The van der Waals surface area contributed by atoms with Gasteiger partial charge in [-0.25, -0.2) is 0 Å². The van der Waals surface area contributed by atoms with Crippen molar-refractivity contribution in [2.75, 3.05) is 44.6 Å². The second kappa shape index (κ2) is 9.67. The Hall–Kier alpha value is -2.17. The molecule has 1 saturated heterocycles. The first-order chi connectivity index (χ1) is 13.1. The minimum atomic E-state index is 0.0879. The largest absolute Gasteiger partial charge is 0.324 e. The van der Waals surface area contributed by atoms with E-state index >= 15 is 0 Å². The summed E-state index contributed by atoms with van der Waals surface area (Å²) in [6.07, 6.45) is 2.33. The molecular weight excluding hydrogens is 334 g/mol. The number of piperazine rings is 1. The van der Waals surface area contributed by atoms with Crippen molar-refractivity contribution in [3.8, 4) is 0 Å². The van der Waals surface area contributed by atoms with Crippen LogP contribution in [0, 0.1) is 13.8 Å². The molecule has 2 aromatic carbocycles. The summed E-state index contributed by atoms with van der Waals surface area (Å²) < 4.78 is 0. The van der Waals surface area contributed by atoms with Crippen molar-refractivity contribution in [3.63, 3.8) is 0 Å². The van der Waals surface area contributed by atoms with Crippen molar-refractivity contribution in [3.05, 3.63) is 65.2 Å². The fraction of sp³-hybridized carbons (Fsp3) is 0.435. The smallest absolute Gasteiger partial charge is 0.238 e. The van der Waals surface area contributed by atoms with Crippen LogP contribution in [-0.2, 0) is 11.2 Å². The lowest BCUT2D eigenvalue weighted by molar-refractivity contribution is -0.117. The van der Waals surface area contributed by atoms with Crippen molar-refractivity contribution in [2.45, 2.75) is 26.7 Å². The van der Waals surface area contributed by atoms with Gasteiger partial charge in [0.15, 0.2) is 0 Å². The average molecular weight is 366 g/mol. The van der Waals surface area contributed by atoms with Gasteiger partial charge in [-0.05, 0) is 49.9 Å². The molecule has 0 spiro atoms. The van der Waals surface area contributed by atoms with Crippen LogP contribution in [0.3, 0.4) is 0 Å². The molecule has 2 aromatic rings. The molecule has 0 atom stereocenters. The molecule has 27 heavy (non-hydrogen) atoms. The molecule has 0 aromatic heterocycles. The zero-order valence-electron chi connectivity index (χ0n) is 16.6. The summed E-state index contributed by atoms with van der Waals surface area (Å²) in [5.74, 6) is 0.0879. The highest BCUT2D eigenvalue weighted by Gasteiger charge is 2.19. The number of amides is 1. The molecule has 0 saturated carbocycles. The standard InChI is InChI=1S/C23H31N3O/c1-19-8-6-9-20(2)23(19)24-22(27)18-26-16-14-25(15-17-26)13-7-12-21-10-4-3-5-11-21/h3-6,8-11H,7,12-18H2,1-2H3,(H,24,27). The van der Waals surface area contributed by atoms with E-state index in [2.05, 4.69) is 45.4 Å². The molecule has 3 rings (SSSR count). The number of aryl methyl sites for hydroxylation is 3. The maximum absolute atomic E-state index is 12.4. The van der Waals surface area contributed by atoms with Gasteiger partial charge in [-0.3, -0.25) is 9.69 Å². The number of carbonyl (C=O) groups is 1. The van der Waals surface area contributed by atoms with Crippen LogP contribution in [0.15, 0.2) is 48.5 Å². The molecule has 1 amide bonds. The minimum Gasteiger partial charge on any atom is -0.324 e. The van der Waals surface area contributed by atoms with Crippen LogP contribution in [0.2, 0.25) is 0 Å². The summed E-state index contributed by atoms with van der Waals surface area (Å²) in [6, 6.07) is 16.8. The van der Waals surface area contributed by atoms with Crippen LogP contribution in [-0.4, -0.2) is 55.0 Å². The quantitative estimate of drug-likeness (QED) is 0.816. The Kier molecular flexibility index (Phi) is 7.02. The summed E-state index contributed by atoms with van der Waals surface area (Å²) in [4.78, 5) is 17.2. The van der Waals surface area contributed by atoms with Crippen LogP contribution in [0.5, 0.6) is 0 Å². The Bertz CT molecular complexity index is 716. The molecule has 0 radical (unpaired) electrons. The van der Waals surface area contributed by atoms with Crippen LogP contribution in [0.1, 0.15) is 23.1 Å². The summed E-state index contributed by atoms with van der Waals surface area (Å²) in [5.41, 5.74) is 4.61. The van der Waals surface area contributed by atoms with E-state index in [1.54, 1.807) is 0 Å². The summed E-state index contributed by atoms with van der Waals surface area (Å²) >= 11 is 0. The lowest BCUT2D eigenvalue weighted by atomic mass is 10.1. The minimum absolute atomic E-state index is 0.0879. The SMILES string of the molecule is Cc1cccc(C)c1NC(=O)CN1CCN(CCCc2ccccc2)CC1. The van der Waals surface area contributed by atoms with E-state index in [1.807, 2.05) is 32.0 Å². The fourth-order valence-electron chi connectivity index (χ4n) is 3.72. The van der Waals surface area contributed by atoms with Gasteiger partial charge >= 0.3 is 0 Å². The van der Waals surface area contributed by atoms with Crippen molar-refractivity contribution in [1.29, 1.82) is 0 Å². The van der Waals surface area contributed by atoms with Crippen molar-refractivity contribution < 1.29 is 4.79 Å². The number of nitrogens with zero attached hydrogens (tertiary/aromatic N) is 2. The van der Waals surface area contributed by atoms with Crippen LogP contribution >= 0.6 is 0 Å². The molecule has 4 heteroatoms. The number of carbonyl (C=O) groups excluding carboxylic acids is 1. The number of para-hydroxylation sites is 1. The predicted molar refractivity (Wildman–Crippen MR) is 112 cm³/mol. The van der Waals surface area contributed by atoms with Gasteiger partial charge < -0.3 is 10.2 Å². The van der Waals surface area contributed by atoms with E-state index in [4.69, 9.17) is 0 Å². The molecule has 4 nitrogen and oxygen atoms in total. The van der Waals surface area contributed by atoms with Gasteiger partial charge in [0.1, 0.15) is 0 Å². The third-order valence-electron chi connectivity index (χ3n) is 5.36. The number of benzene rings is 2. The van der Waals surface area contributed by atoms with E-state index in [-0.39, 0.29) is 5.91 Å². The normalized spacial score (nSPS) is 15.6. The summed E-state index contributed by atoms with van der Waals surface area (Å²) in [7, 11) is 0. The average Bonchev–Trinajstić information content (AvgIpc) is 2.67. The Balaban J connectivity index is 1.37. The molecule has 1 heterocycles. The summed E-state index contributed by atoms with van der Waals surface area (Å²) in [6.45, 7) is 9.71. The van der Waals surface area contributed by atoms with Crippen molar-refractivity contribution in [2.24, 2.45) is 0 Å². The van der Waals surface area contributed by atoms with Crippen LogP contribution < -0.4 is 5.32 Å². The zero-order valence-corrected chi connectivity index (χ0v) is 16.6. The van der Waals surface area contributed by atoms with Crippen LogP contribution in [0.25, 0.3) is 0 Å². The van der Waals surface area contributed by atoms with Gasteiger partial charge in [-0.15, -0.1) is 0 Å². The predicted octanol–water partition coefficient (Wildman–Crippen LogP) is 3.49.